The minimum absolute atomic E-state index is 1.15. The summed E-state index contributed by atoms with van der Waals surface area (Å²) in [6.07, 6.45) is 0. The van der Waals surface area contributed by atoms with Crippen LogP contribution in [0, 0.1) is 27.7 Å². The van der Waals surface area contributed by atoms with Gasteiger partial charge in [-0.05, 0) is 134 Å². The maximum atomic E-state index is 2.58. The largest absolute Gasteiger partial charge is 0.309 e. The molecule has 4 nitrogen and oxygen atoms in total. The minimum Gasteiger partial charge on any atom is -0.309 e. The van der Waals surface area contributed by atoms with E-state index in [1.807, 2.05) is 0 Å². The number of hydrogen-bond donors (Lipinski definition) is 0. The van der Waals surface area contributed by atoms with E-state index in [9.17, 15) is 0 Å². The quantitative estimate of drug-likeness (QED) is 0.127. The lowest BCUT2D eigenvalue weighted by Gasteiger charge is -2.30. The van der Waals surface area contributed by atoms with Crippen molar-refractivity contribution in [3.05, 3.63) is 241 Å². The summed E-state index contributed by atoms with van der Waals surface area (Å²) in [6.45, 7) is 23.6. The molecule has 11 aromatic carbocycles. The van der Waals surface area contributed by atoms with E-state index in [0.29, 0.717) is 0 Å². The van der Waals surface area contributed by atoms with Crippen molar-refractivity contribution in [2.24, 2.45) is 0 Å². The van der Waals surface area contributed by atoms with E-state index >= 15 is 0 Å². The summed E-state index contributed by atoms with van der Waals surface area (Å²) in [6, 6.07) is 83.4. The Hall–Kier alpha value is -8.95. The standard InChI is InChI=1S/C76H66N4Si2/c1-47-41-49(3)71(51-21-13-11-14-22-51)69(43-47)77(53-29-33-55(34-30-53)81(5,6)7)65-39-37-57-61-45-68-62(46-67(61)79-63-27-19-17-25-59(63)73(65)75(57)79)58-38-40-66(74-60-26-18-20-28-64(60)80(68)76(58)74)78(54-31-35-56(36-32-54)82(8,9)10)70-44-48(2)42-50(4)72(70)52-23-15-12-16-24-52/h11-46H,1-10H3. The molecule has 15 rings (SSSR count). The van der Waals surface area contributed by atoms with Crippen LogP contribution in [0.15, 0.2) is 218 Å². The molecule has 0 N–H and O–H groups in total. The van der Waals surface area contributed by atoms with Gasteiger partial charge in [0.25, 0.3) is 0 Å². The Labute approximate surface area is 482 Å². The average Bonchev–Trinajstić information content (AvgIpc) is 4.28. The average molecular weight is 1090 g/mol. The van der Waals surface area contributed by atoms with Crippen molar-refractivity contribution < 1.29 is 0 Å². The molecular formula is C76H66N4Si2. The molecule has 0 saturated heterocycles. The molecule has 0 spiro atoms. The van der Waals surface area contributed by atoms with E-state index in [0.717, 1.165) is 11.4 Å². The molecule has 0 aliphatic carbocycles. The van der Waals surface area contributed by atoms with Crippen molar-refractivity contribution in [1.29, 1.82) is 0 Å². The van der Waals surface area contributed by atoms with E-state index < -0.39 is 16.1 Å². The fourth-order valence-electron chi connectivity index (χ4n) is 14.1. The molecule has 6 heteroatoms. The summed E-state index contributed by atoms with van der Waals surface area (Å²) in [5.41, 5.74) is 24.3. The van der Waals surface area contributed by atoms with Crippen LogP contribution < -0.4 is 20.2 Å². The van der Waals surface area contributed by atoms with E-state index in [-0.39, 0.29) is 0 Å². The van der Waals surface area contributed by atoms with Crippen molar-refractivity contribution in [2.45, 2.75) is 67.0 Å². The Morgan fingerprint density at radius 2 is 0.671 bits per heavy atom. The van der Waals surface area contributed by atoms with Gasteiger partial charge < -0.3 is 18.6 Å². The number of para-hydroxylation sites is 2. The van der Waals surface area contributed by atoms with Gasteiger partial charge in [-0.3, -0.25) is 0 Å². The lowest BCUT2D eigenvalue weighted by molar-refractivity contribution is 1.27. The molecule has 0 bridgehead atoms. The van der Waals surface area contributed by atoms with Crippen LogP contribution in [0.25, 0.3) is 98.4 Å². The lowest BCUT2D eigenvalue weighted by atomic mass is 9.94. The van der Waals surface area contributed by atoms with Gasteiger partial charge in [0.1, 0.15) is 0 Å². The van der Waals surface area contributed by atoms with Crippen molar-refractivity contribution in [3.63, 3.8) is 0 Å². The first-order valence-electron chi connectivity index (χ1n) is 29.1. The van der Waals surface area contributed by atoms with Gasteiger partial charge in [0.15, 0.2) is 0 Å². The van der Waals surface area contributed by atoms with Gasteiger partial charge in [0.05, 0.1) is 72.0 Å². The van der Waals surface area contributed by atoms with Crippen LogP contribution in [0.1, 0.15) is 22.3 Å². The predicted molar refractivity (Wildman–Crippen MR) is 361 cm³/mol. The van der Waals surface area contributed by atoms with Crippen molar-refractivity contribution in [1.82, 2.24) is 8.80 Å². The van der Waals surface area contributed by atoms with Crippen molar-refractivity contribution in [2.75, 3.05) is 9.80 Å². The zero-order chi connectivity index (χ0) is 56.1. The maximum absolute atomic E-state index is 2.58. The minimum atomic E-state index is -1.59. The number of fused-ring (bicyclic) bond motifs is 12. The van der Waals surface area contributed by atoms with Gasteiger partial charge >= 0.3 is 0 Å². The second-order valence-corrected chi connectivity index (χ2v) is 35.4. The van der Waals surface area contributed by atoms with Crippen LogP contribution in [0.3, 0.4) is 0 Å². The van der Waals surface area contributed by atoms with Crippen molar-refractivity contribution in [3.8, 4) is 22.3 Å². The highest BCUT2D eigenvalue weighted by atomic mass is 28.3. The van der Waals surface area contributed by atoms with Gasteiger partial charge in [-0.25, -0.2) is 0 Å². The number of benzene rings is 11. The molecule has 82 heavy (non-hydrogen) atoms. The zero-order valence-corrected chi connectivity index (χ0v) is 50.6. The third-order valence-electron chi connectivity index (χ3n) is 17.8. The van der Waals surface area contributed by atoms with Crippen LogP contribution in [-0.4, -0.2) is 24.9 Å². The molecule has 0 aliphatic rings. The Balaban J connectivity index is 1.01. The highest BCUT2D eigenvalue weighted by molar-refractivity contribution is 6.89. The van der Waals surface area contributed by atoms with Crippen LogP contribution in [0.5, 0.6) is 0 Å². The molecule has 0 aliphatic heterocycles. The van der Waals surface area contributed by atoms with Crippen molar-refractivity contribution >= 4 is 137 Å². The third kappa shape index (κ3) is 7.54. The fraction of sp³-hybridized carbons (Fsp3) is 0.132. The number of hydrogen-bond acceptors (Lipinski definition) is 2. The number of aryl methyl sites for hydroxylation is 4. The van der Waals surface area contributed by atoms with Crippen LogP contribution in [0.4, 0.5) is 34.1 Å². The molecule has 4 aromatic heterocycles. The summed E-state index contributed by atoms with van der Waals surface area (Å²) < 4.78 is 5.17. The summed E-state index contributed by atoms with van der Waals surface area (Å²) in [5.74, 6) is 0. The Morgan fingerprint density at radius 1 is 0.305 bits per heavy atom. The monoisotopic (exact) mass is 1090 g/mol. The van der Waals surface area contributed by atoms with E-state index in [2.05, 4.69) is 304 Å². The maximum Gasteiger partial charge on any atom is 0.0775 e. The first kappa shape index (κ1) is 50.0. The number of rotatable bonds is 10. The van der Waals surface area contributed by atoms with Gasteiger partial charge in [-0.1, -0.05) is 195 Å². The third-order valence-corrected chi connectivity index (χ3v) is 21.9. The van der Waals surface area contributed by atoms with E-state index in [4.69, 9.17) is 0 Å². The van der Waals surface area contributed by atoms with E-state index in [1.54, 1.807) is 0 Å². The van der Waals surface area contributed by atoms with Gasteiger partial charge in [-0.15, -0.1) is 0 Å². The highest BCUT2D eigenvalue weighted by Gasteiger charge is 2.31. The molecule has 0 atom stereocenters. The van der Waals surface area contributed by atoms with Gasteiger partial charge in [0.2, 0.25) is 0 Å². The normalized spacial score (nSPS) is 12.5. The second kappa shape index (κ2) is 18.3. The fourth-order valence-corrected chi connectivity index (χ4v) is 16.4. The lowest BCUT2D eigenvalue weighted by Crippen LogP contribution is -2.37. The number of nitrogens with zero attached hydrogens (tertiary/aromatic N) is 4. The number of anilines is 6. The molecule has 0 saturated carbocycles. The zero-order valence-electron chi connectivity index (χ0n) is 48.6. The van der Waals surface area contributed by atoms with Gasteiger partial charge in [-0.2, -0.15) is 0 Å². The summed E-state index contributed by atoms with van der Waals surface area (Å²) >= 11 is 0. The SMILES string of the molecule is Cc1cc(C)c(-c2ccccc2)c(N(c2ccc([Si](C)(C)C)cc2)c2ccc3c4cc5c(cc4n4c6ccccc6c2c34)c2ccc(N(c3ccc([Si](C)(C)C)cc3)c3cc(C)cc(C)c3-c3ccccc3)c3c4ccccc4n5c23)c1. The Morgan fingerprint density at radius 3 is 1.05 bits per heavy atom. The summed E-state index contributed by atoms with van der Waals surface area (Å²) in [7, 11) is -3.17. The van der Waals surface area contributed by atoms with Crippen LogP contribution in [0.2, 0.25) is 39.3 Å². The Bertz CT molecular complexity index is 4700. The Kier molecular flexibility index (Phi) is 11.2. The summed E-state index contributed by atoms with van der Waals surface area (Å²) in [4.78, 5) is 5.13. The van der Waals surface area contributed by atoms with Crippen LogP contribution in [-0.2, 0) is 0 Å². The molecule has 0 radical (unpaired) electrons. The first-order chi connectivity index (χ1) is 39.6. The molecule has 0 fully saturated rings. The topological polar surface area (TPSA) is 15.3 Å². The highest BCUT2D eigenvalue weighted by Crippen LogP contribution is 2.53. The molecule has 4 heterocycles. The van der Waals surface area contributed by atoms with E-state index in [1.165, 1.54) is 154 Å². The molecule has 15 aromatic rings. The summed E-state index contributed by atoms with van der Waals surface area (Å²) in [5, 5.41) is 12.9. The molecule has 0 unspecified atom stereocenters. The number of aromatic nitrogens is 2. The van der Waals surface area contributed by atoms with Crippen LogP contribution >= 0.6 is 0 Å². The molecule has 0 amide bonds. The smallest absolute Gasteiger partial charge is 0.0775 e. The van der Waals surface area contributed by atoms with Gasteiger partial charge in [0, 0.05) is 65.6 Å². The molecular weight excluding hydrogens is 1030 g/mol. The predicted octanol–water partition coefficient (Wildman–Crippen LogP) is 20.6. The first-order valence-corrected chi connectivity index (χ1v) is 36.1. The second-order valence-electron chi connectivity index (χ2n) is 25.3. The molecule has 398 valence electrons.